The molecule has 0 unspecified atom stereocenters. The highest BCUT2D eigenvalue weighted by molar-refractivity contribution is 6.30. The minimum absolute atomic E-state index is 0.0614. The summed E-state index contributed by atoms with van der Waals surface area (Å²) in [4.78, 5) is 3.82. The molecule has 17 heavy (non-hydrogen) atoms. The van der Waals surface area contributed by atoms with E-state index in [9.17, 15) is 4.39 Å². The van der Waals surface area contributed by atoms with Gasteiger partial charge in [-0.15, -0.1) is 0 Å². The average Bonchev–Trinajstić information content (AvgIpc) is 2.32. The van der Waals surface area contributed by atoms with Crippen LogP contribution in [-0.4, -0.2) is 10.1 Å². The second-order valence-corrected chi connectivity index (χ2v) is 3.80. The fourth-order valence-electron chi connectivity index (χ4n) is 1.30. The van der Waals surface area contributed by atoms with Crippen molar-refractivity contribution in [1.82, 2.24) is 4.98 Å². The Balaban J connectivity index is 2.24. The van der Waals surface area contributed by atoms with Crippen molar-refractivity contribution < 1.29 is 14.2 Å². The van der Waals surface area contributed by atoms with Crippen LogP contribution in [0.3, 0.4) is 0 Å². The molecule has 1 heterocycles. The Bertz CT molecular complexity index is 534. The summed E-state index contributed by atoms with van der Waals surface area (Å²) in [7, 11) is 0. The molecule has 0 radical (unpaired) electrons. The van der Waals surface area contributed by atoms with Crippen molar-refractivity contribution in [3.63, 3.8) is 0 Å². The quantitative estimate of drug-likeness (QED) is 0.914. The fourth-order valence-corrected chi connectivity index (χ4v) is 1.46. The van der Waals surface area contributed by atoms with Gasteiger partial charge in [0.25, 0.3) is 0 Å². The number of aliphatic hydroxyl groups excluding tert-OH is 1. The highest BCUT2D eigenvalue weighted by Gasteiger charge is 2.06. The number of halogens is 2. The van der Waals surface area contributed by atoms with E-state index in [4.69, 9.17) is 21.4 Å². The van der Waals surface area contributed by atoms with Gasteiger partial charge in [-0.05, 0) is 17.7 Å². The molecule has 0 aliphatic heterocycles. The lowest BCUT2D eigenvalue weighted by molar-refractivity contribution is 0.281. The average molecular weight is 254 g/mol. The molecule has 0 saturated heterocycles. The largest absolute Gasteiger partial charge is 0.453 e. The molecule has 0 spiro atoms. The number of aromatic nitrogens is 1. The molecule has 3 nitrogen and oxygen atoms in total. The Morgan fingerprint density at radius 2 is 2.12 bits per heavy atom. The standard InChI is InChI=1S/C12H9ClFNO2/c13-9-4-10(6-15-5-9)17-12-2-1-8(7-16)3-11(12)14/h1-6,16H,7H2. The Morgan fingerprint density at radius 1 is 1.29 bits per heavy atom. The SMILES string of the molecule is OCc1ccc(Oc2cncc(Cl)c2)c(F)c1. The van der Waals surface area contributed by atoms with E-state index < -0.39 is 5.82 Å². The first-order valence-electron chi connectivity index (χ1n) is 4.87. The molecule has 0 atom stereocenters. The molecule has 5 heteroatoms. The van der Waals surface area contributed by atoms with Gasteiger partial charge in [0.1, 0.15) is 5.75 Å². The summed E-state index contributed by atoms with van der Waals surface area (Å²) in [5.41, 5.74) is 0.485. The normalized spacial score (nSPS) is 10.3. The van der Waals surface area contributed by atoms with Gasteiger partial charge in [0, 0.05) is 12.3 Å². The van der Waals surface area contributed by atoms with Gasteiger partial charge in [-0.25, -0.2) is 4.39 Å². The lowest BCUT2D eigenvalue weighted by Crippen LogP contribution is -1.91. The maximum absolute atomic E-state index is 13.5. The molecule has 0 saturated carbocycles. The molecule has 2 rings (SSSR count). The zero-order chi connectivity index (χ0) is 12.3. The Morgan fingerprint density at radius 3 is 2.76 bits per heavy atom. The number of ether oxygens (including phenoxy) is 1. The van der Waals surface area contributed by atoms with Crippen molar-refractivity contribution in [2.45, 2.75) is 6.61 Å². The zero-order valence-electron chi connectivity index (χ0n) is 8.73. The van der Waals surface area contributed by atoms with Crippen LogP contribution in [0.2, 0.25) is 5.02 Å². The number of aliphatic hydroxyl groups is 1. The predicted molar refractivity (Wildman–Crippen MR) is 61.6 cm³/mol. The van der Waals surface area contributed by atoms with Crippen molar-refractivity contribution in [3.05, 3.63) is 53.1 Å². The summed E-state index contributed by atoms with van der Waals surface area (Å²) < 4.78 is 18.8. The van der Waals surface area contributed by atoms with Gasteiger partial charge in [0.05, 0.1) is 17.8 Å². The third-order valence-electron chi connectivity index (χ3n) is 2.09. The number of hydrogen-bond acceptors (Lipinski definition) is 3. The van der Waals surface area contributed by atoms with E-state index in [1.807, 2.05) is 0 Å². The second kappa shape index (κ2) is 5.12. The van der Waals surface area contributed by atoms with E-state index >= 15 is 0 Å². The van der Waals surface area contributed by atoms with Crippen molar-refractivity contribution in [1.29, 1.82) is 0 Å². The highest BCUT2D eigenvalue weighted by Crippen LogP contribution is 2.26. The first kappa shape index (κ1) is 11.8. The highest BCUT2D eigenvalue weighted by atomic mass is 35.5. The molecule has 0 bridgehead atoms. The molecule has 0 aliphatic rings. The summed E-state index contributed by atoms with van der Waals surface area (Å²) in [5, 5.41) is 9.26. The molecule has 2 aromatic rings. The van der Waals surface area contributed by atoms with Crippen LogP contribution in [0.1, 0.15) is 5.56 Å². The van der Waals surface area contributed by atoms with E-state index in [2.05, 4.69) is 4.98 Å². The minimum atomic E-state index is -0.545. The third kappa shape index (κ3) is 2.93. The summed E-state index contributed by atoms with van der Waals surface area (Å²) in [6.45, 7) is -0.212. The summed E-state index contributed by atoms with van der Waals surface area (Å²) >= 11 is 5.73. The fraction of sp³-hybridized carbons (Fsp3) is 0.0833. The monoisotopic (exact) mass is 253 g/mol. The molecule has 88 valence electrons. The number of benzene rings is 1. The summed E-state index contributed by atoms with van der Waals surface area (Å²) in [6, 6.07) is 5.78. The van der Waals surface area contributed by atoms with Crippen molar-refractivity contribution in [2.75, 3.05) is 0 Å². The van der Waals surface area contributed by atoms with Crippen LogP contribution in [0, 0.1) is 5.82 Å². The van der Waals surface area contributed by atoms with Gasteiger partial charge in [-0.1, -0.05) is 17.7 Å². The molecular weight excluding hydrogens is 245 g/mol. The Hall–Kier alpha value is -1.65. The van der Waals surface area contributed by atoms with Gasteiger partial charge >= 0.3 is 0 Å². The molecule has 1 aromatic carbocycles. The Kier molecular flexibility index (Phi) is 3.56. The van der Waals surface area contributed by atoms with E-state index in [-0.39, 0.29) is 12.4 Å². The lowest BCUT2D eigenvalue weighted by Gasteiger charge is -2.07. The van der Waals surface area contributed by atoms with Gasteiger partial charge in [0.2, 0.25) is 0 Å². The number of rotatable bonds is 3. The maximum Gasteiger partial charge on any atom is 0.166 e. The molecule has 0 aliphatic carbocycles. The summed E-state index contributed by atoms with van der Waals surface area (Å²) in [6.07, 6.45) is 2.89. The second-order valence-electron chi connectivity index (χ2n) is 3.36. The molecule has 1 aromatic heterocycles. The predicted octanol–water partition coefficient (Wildman–Crippen LogP) is 3.16. The van der Waals surface area contributed by atoms with Gasteiger partial charge in [-0.2, -0.15) is 0 Å². The van der Waals surface area contributed by atoms with E-state index in [0.717, 1.165) is 0 Å². The number of nitrogens with zero attached hydrogens (tertiary/aromatic N) is 1. The van der Waals surface area contributed by atoms with Crippen LogP contribution >= 0.6 is 11.6 Å². The Labute approximate surface area is 102 Å². The third-order valence-corrected chi connectivity index (χ3v) is 2.29. The molecular formula is C12H9ClFNO2. The first-order chi connectivity index (χ1) is 8.19. The van der Waals surface area contributed by atoms with Crippen LogP contribution < -0.4 is 4.74 Å². The first-order valence-corrected chi connectivity index (χ1v) is 5.24. The smallest absolute Gasteiger partial charge is 0.166 e. The number of hydrogen-bond donors (Lipinski definition) is 1. The lowest BCUT2D eigenvalue weighted by atomic mass is 10.2. The van der Waals surface area contributed by atoms with Crippen LogP contribution in [0.5, 0.6) is 11.5 Å². The van der Waals surface area contributed by atoms with Gasteiger partial charge in [0.15, 0.2) is 11.6 Å². The van der Waals surface area contributed by atoms with Crippen molar-refractivity contribution in [2.24, 2.45) is 0 Å². The van der Waals surface area contributed by atoms with Crippen molar-refractivity contribution in [3.8, 4) is 11.5 Å². The molecule has 1 N–H and O–H groups in total. The van der Waals surface area contributed by atoms with Crippen LogP contribution in [-0.2, 0) is 6.61 Å². The topological polar surface area (TPSA) is 42.4 Å². The van der Waals surface area contributed by atoms with Crippen molar-refractivity contribution >= 4 is 11.6 Å². The summed E-state index contributed by atoms with van der Waals surface area (Å²) in [5.74, 6) is -0.129. The van der Waals surface area contributed by atoms with Gasteiger partial charge < -0.3 is 9.84 Å². The minimum Gasteiger partial charge on any atom is -0.453 e. The maximum atomic E-state index is 13.5. The zero-order valence-corrected chi connectivity index (χ0v) is 9.49. The molecule has 0 fully saturated rings. The van der Waals surface area contributed by atoms with Crippen LogP contribution in [0.15, 0.2) is 36.7 Å². The molecule has 0 amide bonds. The van der Waals surface area contributed by atoms with E-state index in [0.29, 0.717) is 16.3 Å². The van der Waals surface area contributed by atoms with Crippen LogP contribution in [0.4, 0.5) is 4.39 Å². The van der Waals surface area contributed by atoms with E-state index in [1.165, 1.54) is 30.6 Å². The van der Waals surface area contributed by atoms with Crippen LogP contribution in [0.25, 0.3) is 0 Å². The van der Waals surface area contributed by atoms with Gasteiger partial charge in [-0.3, -0.25) is 4.98 Å². The number of pyridine rings is 1. The van der Waals surface area contributed by atoms with E-state index in [1.54, 1.807) is 6.07 Å².